The largest absolute Gasteiger partial charge is 0.454 e. The van der Waals surface area contributed by atoms with Gasteiger partial charge in [-0.3, -0.25) is 4.68 Å². The van der Waals surface area contributed by atoms with Gasteiger partial charge in [-0.1, -0.05) is 32.1 Å². The molecule has 1 N–H and O–H groups in total. The molecule has 0 amide bonds. The Hall–Kier alpha value is -3.57. The first kappa shape index (κ1) is 23.5. The summed E-state index contributed by atoms with van der Waals surface area (Å²) in [5.74, 6) is 3.29. The molecule has 1 aliphatic heterocycles. The molecule has 0 bridgehead atoms. The van der Waals surface area contributed by atoms with Gasteiger partial charge in [-0.2, -0.15) is 10.1 Å². The predicted octanol–water partition coefficient (Wildman–Crippen LogP) is 5.84. The normalized spacial score (nSPS) is 18.1. The van der Waals surface area contributed by atoms with Crippen molar-refractivity contribution in [2.24, 2.45) is 7.05 Å². The minimum Gasteiger partial charge on any atom is -0.454 e. The molecule has 1 aliphatic carbocycles. The standard InChI is InChI=1S/C27H30N8O2S/c1-27(2,3)21-11-22(33-35(21)16-7-8-36-14-16)31-26-32-23-20(34(26)4)10-18(12-28-23)37-17-9-19-25(29-13-17)38-24(30-19)15-5-6-15/h9-13,15-16H,5-8,14H2,1-4H3,(H,28,31,32,33). The molecule has 10 nitrogen and oxygen atoms in total. The van der Waals surface area contributed by atoms with Crippen molar-refractivity contribution in [1.82, 2.24) is 34.3 Å². The molecule has 0 radical (unpaired) electrons. The highest BCUT2D eigenvalue weighted by Gasteiger charge is 2.29. The highest BCUT2D eigenvalue weighted by Crippen LogP contribution is 2.43. The van der Waals surface area contributed by atoms with Crippen molar-refractivity contribution in [1.29, 1.82) is 0 Å². The third-order valence-corrected chi connectivity index (χ3v) is 8.25. The number of anilines is 2. The third kappa shape index (κ3) is 4.29. The van der Waals surface area contributed by atoms with Crippen LogP contribution in [-0.2, 0) is 17.2 Å². The van der Waals surface area contributed by atoms with Crippen LogP contribution in [0.1, 0.15) is 62.7 Å². The number of imidazole rings is 1. The van der Waals surface area contributed by atoms with Crippen molar-refractivity contribution in [3.63, 3.8) is 0 Å². The first-order valence-electron chi connectivity index (χ1n) is 13.0. The Labute approximate surface area is 224 Å². The van der Waals surface area contributed by atoms with Crippen molar-refractivity contribution < 1.29 is 9.47 Å². The first-order valence-corrected chi connectivity index (χ1v) is 13.8. The Kier molecular flexibility index (Phi) is 5.41. The van der Waals surface area contributed by atoms with Gasteiger partial charge in [-0.25, -0.2) is 15.0 Å². The summed E-state index contributed by atoms with van der Waals surface area (Å²) >= 11 is 1.68. The molecule has 7 rings (SSSR count). The van der Waals surface area contributed by atoms with Crippen molar-refractivity contribution in [3.8, 4) is 11.5 Å². The van der Waals surface area contributed by atoms with Gasteiger partial charge in [0.1, 0.15) is 21.8 Å². The van der Waals surface area contributed by atoms with Crippen LogP contribution in [0.4, 0.5) is 11.8 Å². The monoisotopic (exact) mass is 530 g/mol. The zero-order chi connectivity index (χ0) is 26.0. The van der Waals surface area contributed by atoms with Crippen LogP contribution in [-0.4, -0.2) is 47.5 Å². The molecule has 1 saturated heterocycles. The van der Waals surface area contributed by atoms with E-state index in [1.807, 2.05) is 23.7 Å². The Morgan fingerprint density at radius 3 is 2.63 bits per heavy atom. The topological polar surface area (TPSA) is 105 Å². The van der Waals surface area contributed by atoms with Crippen molar-refractivity contribution in [2.45, 2.75) is 57.4 Å². The minimum absolute atomic E-state index is 0.0501. The fourth-order valence-corrected chi connectivity index (χ4v) is 5.92. The van der Waals surface area contributed by atoms with Gasteiger partial charge in [0.2, 0.25) is 5.95 Å². The summed E-state index contributed by atoms with van der Waals surface area (Å²) in [6.07, 6.45) is 6.86. The number of aromatic nitrogens is 7. The van der Waals surface area contributed by atoms with Crippen molar-refractivity contribution in [2.75, 3.05) is 18.5 Å². The number of nitrogens with one attached hydrogen (secondary N) is 1. The minimum atomic E-state index is -0.0501. The van der Waals surface area contributed by atoms with Gasteiger partial charge in [0.05, 0.1) is 35.6 Å². The second-order valence-electron chi connectivity index (χ2n) is 11.2. The molecule has 0 aromatic carbocycles. The average Bonchev–Trinajstić information content (AvgIpc) is 3.24. The molecule has 1 unspecified atom stereocenters. The van der Waals surface area contributed by atoms with Crippen LogP contribution in [0.5, 0.6) is 11.5 Å². The van der Waals surface area contributed by atoms with Crippen LogP contribution < -0.4 is 10.1 Å². The van der Waals surface area contributed by atoms with E-state index in [1.54, 1.807) is 23.7 Å². The zero-order valence-corrected chi connectivity index (χ0v) is 22.7. The maximum Gasteiger partial charge on any atom is 0.210 e. The number of hydrogen-bond acceptors (Lipinski definition) is 9. The van der Waals surface area contributed by atoms with E-state index < -0.39 is 0 Å². The summed E-state index contributed by atoms with van der Waals surface area (Å²) in [6, 6.07) is 6.25. The fourth-order valence-electron chi connectivity index (χ4n) is 4.86. The van der Waals surface area contributed by atoms with E-state index in [2.05, 4.69) is 46.8 Å². The molecule has 38 heavy (non-hydrogen) atoms. The van der Waals surface area contributed by atoms with E-state index in [4.69, 9.17) is 24.5 Å². The van der Waals surface area contributed by atoms with E-state index in [0.29, 0.717) is 35.6 Å². The molecule has 5 aromatic rings. The summed E-state index contributed by atoms with van der Waals surface area (Å²) in [4.78, 5) is 19.5. The molecule has 5 aromatic heterocycles. The zero-order valence-electron chi connectivity index (χ0n) is 21.9. The number of ether oxygens (including phenoxy) is 2. The quantitative estimate of drug-likeness (QED) is 0.292. The third-order valence-electron chi connectivity index (χ3n) is 7.11. The second kappa shape index (κ2) is 8.74. The Bertz CT molecular complexity index is 1650. The smallest absolute Gasteiger partial charge is 0.210 e. The first-order chi connectivity index (χ1) is 18.3. The molecule has 6 heterocycles. The maximum absolute atomic E-state index is 6.13. The van der Waals surface area contributed by atoms with Crippen LogP contribution in [0, 0.1) is 0 Å². The molecule has 1 saturated carbocycles. The van der Waals surface area contributed by atoms with E-state index in [-0.39, 0.29) is 11.5 Å². The molecular formula is C27H30N8O2S. The van der Waals surface area contributed by atoms with Gasteiger partial charge >= 0.3 is 0 Å². The van der Waals surface area contributed by atoms with E-state index in [9.17, 15) is 0 Å². The van der Waals surface area contributed by atoms with Crippen LogP contribution in [0.25, 0.3) is 21.5 Å². The molecule has 2 fully saturated rings. The van der Waals surface area contributed by atoms with Crippen LogP contribution in [0.2, 0.25) is 0 Å². The number of fused-ring (bicyclic) bond motifs is 2. The molecule has 1 atom stereocenters. The molecular weight excluding hydrogens is 500 g/mol. The van der Waals surface area contributed by atoms with Gasteiger partial charge in [0.25, 0.3) is 0 Å². The highest BCUT2D eigenvalue weighted by molar-refractivity contribution is 7.18. The summed E-state index contributed by atoms with van der Waals surface area (Å²) in [7, 11) is 1.96. The predicted molar refractivity (Wildman–Crippen MR) is 147 cm³/mol. The summed E-state index contributed by atoms with van der Waals surface area (Å²) in [5, 5.41) is 9.48. The van der Waals surface area contributed by atoms with E-state index in [1.165, 1.54) is 17.8 Å². The average molecular weight is 531 g/mol. The van der Waals surface area contributed by atoms with E-state index >= 15 is 0 Å². The highest BCUT2D eigenvalue weighted by atomic mass is 32.1. The van der Waals surface area contributed by atoms with Gasteiger partial charge in [0, 0.05) is 48.9 Å². The Morgan fingerprint density at radius 1 is 1.05 bits per heavy atom. The maximum atomic E-state index is 6.13. The van der Waals surface area contributed by atoms with Crippen molar-refractivity contribution in [3.05, 3.63) is 41.3 Å². The summed E-state index contributed by atoms with van der Waals surface area (Å²) in [6.45, 7) is 8.07. The van der Waals surface area contributed by atoms with Crippen LogP contribution in [0.3, 0.4) is 0 Å². The molecule has 0 spiro atoms. The Balaban J connectivity index is 1.15. The second-order valence-corrected chi connectivity index (χ2v) is 12.2. The SMILES string of the molecule is Cn1c(Nc2cc(C(C)(C)C)n(C3CCOC3)n2)nc2ncc(Oc3cnc4sc(C5CC5)nc4c3)cc21. The molecule has 196 valence electrons. The lowest BCUT2D eigenvalue weighted by Crippen LogP contribution is -2.22. The molecule has 2 aliphatic rings. The summed E-state index contributed by atoms with van der Waals surface area (Å²) < 4.78 is 15.8. The summed E-state index contributed by atoms with van der Waals surface area (Å²) in [5.41, 5.74) is 3.48. The van der Waals surface area contributed by atoms with E-state index in [0.717, 1.165) is 40.4 Å². The van der Waals surface area contributed by atoms with Crippen molar-refractivity contribution >= 4 is 44.6 Å². The lowest BCUT2D eigenvalue weighted by molar-refractivity contribution is 0.183. The van der Waals surface area contributed by atoms with Crippen LogP contribution in [0.15, 0.2) is 30.6 Å². The number of pyridine rings is 2. The van der Waals surface area contributed by atoms with Crippen LogP contribution >= 0.6 is 11.3 Å². The Morgan fingerprint density at radius 2 is 1.87 bits per heavy atom. The molecule has 11 heteroatoms. The number of aryl methyl sites for hydroxylation is 1. The lowest BCUT2D eigenvalue weighted by atomic mass is 9.91. The number of rotatable bonds is 6. The van der Waals surface area contributed by atoms with Gasteiger partial charge in [-0.05, 0) is 19.3 Å². The fraction of sp³-hybridized carbons (Fsp3) is 0.444. The van der Waals surface area contributed by atoms with Gasteiger partial charge in [0.15, 0.2) is 11.5 Å². The number of nitrogens with zero attached hydrogens (tertiary/aromatic N) is 7. The number of thiazole rings is 1. The van der Waals surface area contributed by atoms with Gasteiger partial charge < -0.3 is 19.4 Å². The van der Waals surface area contributed by atoms with Gasteiger partial charge in [-0.15, -0.1) is 0 Å². The number of hydrogen-bond donors (Lipinski definition) is 1. The lowest BCUT2D eigenvalue weighted by Gasteiger charge is -2.22.